The van der Waals surface area contributed by atoms with Gasteiger partial charge in [-0.2, -0.15) is 5.10 Å². The molecule has 1 aliphatic carbocycles. The van der Waals surface area contributed by atoms with Crippen LogP contribution in [0.5, 0.6) is 0 Å². The third-order valence-corrected chi connectivity index (χ3v) is 3.76. The van der Waals surface area contributed by atoms with Crippen molar-refractivity contribution in [2.24, 2.45) is 11.0 Å². The average Bonchev–Trinajstić information content (AvgIpc) is 2.78. The van der Waals surface area contributed by atoms with Crippen LogP contribution in [0.4, 0.5) is 0 Å². The highest BCUT2D eigenvalue weighted by Gasteiger charge is 2.21. The van der Waals surface area contributed by atoms with Gasteiger partial charge in [-0.3, -0.25) is 5.43 Å². The normalized spacial score (nSPS) is 23.5. The van der Waals surface area contributed by atoms with Crippen molar-refractivity contribution in [3.8, 4) is 0 Å². The highest BCUT2D eigenvalue weighted by molar-refractivity contribution is 7.80. The van der Waals surface area contributed by atoms with Crippen LogP contribution in [0, 0.1) is 12.8 Å². The summed E-state index contributed by atoms with van der Waals surface area (Å²) in [5.41, 5.74) is 2.84. The van der Waals surface area contributed by atoms with E-state index in [0.29, 0.717) is 17.1 Å². The summed E-state index contributed by atoms with van der Waals surface area (Å²) >= 11 is 5.24. The van der Waals surface area contributed by atoms with Gasteiger partial charge in [0.05, 0.1) is 6.21 Å². The standard InChI is InChI=1S/C14H21N3OS/c1-10-5-3-4-6-13(10)16-14(19)17-15-9-12-8-7-11(2)18-12/h7-10,13H,3-6H2,1-2H3,(H2,16,17,19)/b15-9-/t10-,13-/m1/s1. The van der Waals surface area contributed by atoms with Gasteiger partial charge < -0.3 is 9.73 Å². The molecule has 0 unspecified atom stereocenters. The quantitative estimate of drug-likeness (QED) is 0.507. The number of nitrogens with zero attached hydrogens (tertiary/aromatic N) is 1. The first-order valence-corrected chi connectivity index (χ1v) is 7.22. The van der Waals surface area contributed by atoms with E-state index in [1.54, 1.807) is 6.21 Å². The molecule has 1 fully saturated rings. The van der Waals surface area contributed by atoms with Crippen LogP contribution >= 0.6 is 12.2 Å². The monoisotopic (exact) mass is 279 g/mol. The number of furan rings is 1. The van der Waals surface area contributed by atoms with Crippen molar-refractivity contribution in [2.75, 3.05) is 0 Å². The molecule has 0 amide bonds. The molecule has 0 aromatic carbocycles. The van der Waals surface area contributed by atoms with E-state index in [2.05, 4.69) is 22.8 Å². The van der Waals surface area contributed by atoms with Gasteiger partial charge in [-0.15, -0.1) is 0 Å². The van der Waals surface area contributed by atoms with E-state index in [1.165, 1.54) is 25.7 Å². The lowest BCUT2D eigenvalue weighted by Gasteiger charge is -2.30. The van der Waals surface area contributed by atoms with Crippen LogP contribution in [0.2, 0.25) is 0 Å². The summed E-state index contributed by atoms with van der Waals surface area (Å²) in [6.45, 7) is 4.18. The second-order valence-corrected chi connectivity index (χ2v) is 5.57. The molecular formula is C14H21N3OS. The first kappa shape index (κ1) is 14.1. The first-order chi connectivity index (χ1) is 9.15. The van der Waals surface area contributed by atoms with Gasteiger partial charge in [-0.05, 0) is 50.0 Å². The van der Waals surface area contributed by atoms with E-state index in [9.17, 15) is 0 Å². The van der Waals surface area contributed by atoms with Gasteiger partial charge in [0, 0.05) is 6.04 Å². The Morgan fingerprint density at radius 1 is 1.42 bits per heavy atom. The van der Waals surface area contributed by atoms with Crippen LogP contribution in [0.15, 0.2) is 21.7 Å². The van der Waals surface area contributed by atoms with Gasteiger partial charge in [0.1, 0.15) is 11.5 Å². The van der Waals surface area contributed by atoms with Crippen molar-refractivity contribution in [1.29, 1.82) is 0 Å². The van der Waals surface area contributed by atoms with E-state index in [4.69, 9.17) is 16.6 Å². The predicted octanol–water partition coefficient (Wildman–Crippen LogP) is 2.96. The smallest absolute Gasteiger partial charge is 0.187 e. The minimum absolute atomic E-state index is 0.467. The van der Waals surface area contributed by atoms with Crippen molar-refractivity contribution in [3.05, 3.63) is 23.7 Å². The lowest BCUT2D eigenvalue weighted by molar-refractivity contribution is 0.308. The number of hydrazone groups is 1. The fourth-order valence-electron chi connectivity index (χ4n) is 2.41. The zero-order valence-corrected chi connectivity index (χ0v) is 12.3. The van der Waals surface area contributed by atoms with Gasteiger partial charge in [-0.1, -0.05) is 19.8 Å². The molecule has 1 saturated carbocycles. The summed E-state index contributed by atoms with van der Waals surface area (Å²) in [5, 5.41) is 7.99. The van der Waals surface area contributed by atoms with Crippen molar-refractivity contribution in [1.82, 2.24) is 10.7 Å². The van der Waals surface area contributed by atoms with E-state index < -0.39 is 0 Å². The summed E-state index contributed by atoms with van der Waals surface area (Å²) in [6.07, 6.45) is 6.69. The van der Waals surface area contributed by atoms with Crippen LogP contribution in [0.25, 0.3) is 0 Å². The first-order valence-electron chi connectivity index (χ1n) is 6.81. The van der Waals surface area contributed by atoms with Gasteiger partial charge in [0.25, 0.3) is 0 Å². The maximum atomic E-state index is 5.38. The lowest BCUT2D eigenvalue weighted by atomic mass is 9.86. The lowest BCUT2D eigenvalue weighted by Crippen LogP contribution is -2.44. The largest absolute Gasteiger partial charge is 0.460 e. The molecule has 1 heterocycles. The highest BCUT2D eigenvalue weighted by atomic mass is 32.1. The summed E-state index contributed by atoms with van der Waals surface area (Å²) in [7, 11) is 0. The number of hydrogen-bond acceptors (Lipinski definition) is 3. The Labute approximate surface area is 119 Å². The summed E-state index contributed by atoms with van der Waals surface area (Å²) in [5.74, 6) is 2.27. The second-order valence-electron chi connectivity index (χ2n) is 5.16. The van der Waals surface area contributed by atoms with Crippen molar-refractivity contribution in [3.63, 3.8) is 0 Å². The van der Waals surface area contributed by atoms with E-state index in [1.807, 2.05) is 19.1 Å². The molecule has 0 saturated heterocycles. The molecule has 104 valence electrons. The van der Waals surface area contributed by atoms with Gasteiger partial charge in [0.15, 0.2) is 5.11 Å². The van der Waals surface area contributed by atoms with Crippen molar-refractivity contribution in [2.45, 2.75) is 45.6 Å². The van der Waals surface area contributed by atoms with Crippen LogP contribution in [0.3, 0.4) is 0 Å². The van der Waals surface area contributed by atoms with Crippen LogP contribution < -0.4 is 10.7 Å². The van der Waals surface area contributed by atoms with Crippen LogP contribution in [-0.4, -0.2) is 17.4 Å². The third kappa shape index (κ3) is 4.35. The number of nitrogens with one attached hydrogen (secondary N) is 2. The average molecular weight is 279 g/mol. The SMILES string of the molecule is Cc1ccc(/C=N\NC(=S)N[C@@H]2CCCC[C@H]2C)o1. The third-order valence-electron chi connectivity index (χ3n) is 3.55. The highest BCUT2D eigenvalue weighted by Crippen LogP contribution is 2.23. The fourth-order valence-corrected chi connectivity index (χ4v) is 2.61. The van der Waals surface area contributed by atoms with Gasteiger partial charge in [0.2, 0.25) is 0 Å². The Balaban J connectivity index is 1.76. The zero-order valence-electron chi connectivity index (χ0n) is 11.5. The molecule has 1 aromatic heterocycles. The molecule has 0 bridgehead atoms. The van der Waals surface area contributed by atoms with Crippen molar-refractivity contribution < 1.29 is 4.42 Å². The molecule has 0 aliphatic heterocycles. The Morgan fingerprint density at radius 2 is 2.21 bits per heavy atom. The predicted molar refractivity (Wildman–Crippen MR) is 81.3 cm³/mol. The topological polar surface area (TPSA) is 49.6 Å². The van der Waals surface area contributed by atoms with Gasteiger partial charge >= 0.3 is 0 Å². The Hall–Kier alpha value is -1.36. The molecule has 2 atom stereocenters. The van der Waals surface area contributed by atoms with Crippen LogP contribution in [-0.2, 0) is 0 Å². The second kappa shape index (κ2) is 6.70. The molecular weight excluding hydrogens is 258 g/mol. The van der Waals surface area contributed by atoms with Gasteiger partial charge in [-0.25, -0.2) is 0 Å². The maximum Gasteiger partial charge on any atom is 0.187 e. The minimum Gasteiger partial charge on any atom is -0.460 e. The van der Waals surface area contributed by atoms with E-state index in [-0.39, 0.29) is 0 Å². The minimum atomic E-state index is 0.467. The maximum absolute atomic E-state index is 5.38. The zero-order chi connectivity index (χ0) is 13.7. The molecule has 5 heteroatoms. The molecule has 0 spiro atoms. The number of hydrogen-bond donors (Lipinski definition) is 2. The number of thiocarbonyl (C=S) groups is 1. The van der Waals surface area contributed by atoms with Crippen LogP contribution in [0.1, 0.15) is 44.1 Å². The molecule has 1 aliphatic rings. The molecule has 1 aromatic rings. The fraction of sp³-hybridized carbons (Fsp3) is 0.571. The Bertz CT molecular complexity index is 455. The Kier molecular flexibility index (Phi) is 4.96. The van der Waals surface area contributed by atoms with Crippen molar-refractivity contribution >= 4 is 23.5 Å². The number of rotatable bonds is 3. The molecule has 4 nitrogen and oxygen atoms in total. The Morgan fingerprint density at radius 3 is 2.89 bits per heavy atom. The molecule has 2 N–H and O–H groups in total. The van der Waals surface area contributed by atoms with E-state index in [0.717, 1.165) is 11.5 Å². The summed E-state index contributed by atoms with van der Waals surface area (Å²) < 4.78 is 5.38. The molecule has 19 heavy (non-hydrogen) atoms. The van der Waals surface area contributed by atoms with E-state index >= 15 is 0 Å². The molecule has 0 radical (unpaired) electrons. The number of aryl methyl sites for hydroxylation is 1. The molecule has 2 rings (SSSR count). The summed E-state index contributed by atoms with van der Waals surface area (Å²) in [6, 6.07) is 4.25. The summed E-state index contributed by atoms with van der Waals surface area (Å²) in [4.78, 5) is 0.